The maximum Gasteiger partial charge on any atom is 0.401 e. The van der Waals surface area contributed by atoms with Gasteiger partial charge in [-0.2, -0.15) is 13.2 Å². The molecule has 0 saturated carbocycles. The molecule has 124 valence electrons. The highest BCUT2D eigenvalue weighted by molar-refractivity contribution is 5.78. The lowest BCUT2D eigenvalue weighted by Gasteiger charge is -2.31. The average molecular weight is 309 g/mol. The monoisotopic (exact) mass is 309 g/mol. The third-order valence-corrected chi connectivity index (χ3v) is 3.98. The number of carbonyl (C=O) groups excluding carboxylic acids is 1. The fraction of sp³-hybridized carbons (Fsp3) is 0.929. The molecule has 0 bridgehead atoms. The molecule has 1 heterocycles. The van der Waals surface area contributed by atoms with E-state index < -0.39 is 12.7 Å². The third-order valence-electron chi connectivity index (χ3n) is 3.98. The van der Waals surface area contributed by atoms with Crippen LogP contribution < -0.4 is 5.32 Å². The van der Waals surface area contributed by atoms with Crippen LogP contribution in [0.2, 0.25) is 0 Å². The zero-order chi connectivity index (χ0) is 15.9. The fourth-order valence-electron chi connectivity index (χ4n) is 2.63. The van der Waals surface area contributed by atoms with Crippen molar-refractivity contribution >= 4 is 5.91 Å². The number of alkyl halides is 3. The van der Waals surface area contributed by atoms with Gasteiger partial charge < -0.3 is 10.2 Å². The minimum Gasteiger partial charge on any atom is -0.355 e. The summed E-state index contributed by atoms with van der Waals surface area (Å²) in [6, 6.07) is 0. The summed E-state index contributed by atoms with van der Waals surface area (Å²) < 4.78 is 36.8. The minimum atomic E-state index is -4.15. The second-order valence-corrected chi connectivity index (χ2v) is 5.48. The van der Waals surface area contributed by atoms with Crippen molar-refractivity contribution in [3.8, 4) is 0 Å². The molecule has 1 saturated heterocycles. The Balaban J connectivity index is 2.23. The maximum absolute atomic E-state index is 12.3. The van der Waals surface area contributed by atoms with Crippen LogP contribution in [0, 0.1) is 5.92 Å². The summed E-state index contributed by atoms with van der Waals surface area (Å²) in [5.74, 6) is -0.167. The molecule has 4 nitrogen and oxygen atoms in total. The Labute approximate surface area is 124 Å². The predicted octanol–water partition coefficient (Wildman–Crippen LogP) is 1.72. The number of likely N-dealkylation sites (tertiary alicyclic amines) is 1. The molecule has 0 atom stereocenters. The molecular formula is C14H26F3N3O. The number of nitrogens with one attached hydrogen (secondary N) is 1. The first-order valence-corrected chi connectivity index (χ1v) is 7.64. The highest BCUT2D eigenvalue weighted by atomic mass is 19.4. The van der Waals surface area contributed by atoms with E-state index in [1.165, 1.54) is 4.90 Å². The molecule has 1 amide bonds. The average Bonchev–Trinajstić information content (AvgIpc) is 2.42. The van der Waals surface area contributed by atoms with Crippen LogP contribution in [0.15, 0.2) is 0 Å². The van der Waals surface area contributed by atoms with E-state index in [0.29, 0.717) is 32.5 Å². The maximum atomic E-state index is 12.3. The summed E-state index contributed by atoms with van der Waals surface area (Å²) in [6.07, 6.45) is -3.14. The van der Waals surface area contributed by atoms with Crippen molar-refractivity contribution in [2.24, 2.45) is 5.92 Å². The predicted molar refractivity (Wildman–Crippen MR) is 76.0 cm³/mol. The Hall–Kier alpha value is -0.820. The largest absolute Gasteiger partial charge is 0.401 e. The number of nitrogens with zero attached hydrogens (tertiary/aromatic N) is 2. The van der Waals surface area contributed by atoms with E-state index in [1.54, 1.807) is 0 Å². The number of hydrogen-bond acceptors (Lipinski definition) is 3. The Morgan fingerprint density at radius 2 is 1.81 bits per heavy atom. The van der Waals surface area contributed by atoms with E-state index in [-0.39, 0.29) is 11.8 Å². The van der Waals surface area contributed by atoms with Gasteiger partial charge in [0.1, 0.15) is 0 Å². The van der Waals surface area contributed by atoms with Gasteiger partial charge >= 0.3 is 6.18 Å². The molecule has 1 aliphatic rings. The number of hydrogen-bond donors (Lipinski definition) is 1. The second kappa shape index (κ2) is 8.58. The first kappa shape index (κ1) is 18.2. The van der Waals surface area contributed by atoms with Crippen LogP contribution in [-0.2, 0) is 4.79 Å². The number of likely N-dealkylation sites (N-methyl/N-ethyl adjacent to an activating group) is 1. The van der Waals surface area contributed by atoms with Gasteiger partial charge in [-0.1, -0.05) is 13.8 Å². The molecule has 0 aliphatic carbocycles. The number of piperidine rings is 1. The van der Waals surface area contributed by atoms with Gasteiger partial charge in [0, 0.05) is 19.0 Å². The molecule has 0 unspecified atom stereocenters. The zero-order valence-electron chi connectivity index (χ0n) is 12.9. The smallest absolute Gasteiger partial charge is 0.355 e. The Morgan fingerprint density at radius 1 is 1.24 bits per heavy atom. The summed E-state index contributed by atoms with van der Waals surface area (Å²) in [4.78, 5) is 15.6. The summed E-state index contributed by atoms with van der Waals surface area (Å²) in [7, 11) is 0. The Morgan fingerprint density at radius 3 is 2.29 bits per heavy atom. The van der Waals surface area contributed by atoms with Crippen LogP contribution in [0.3, 0.4) is 0 Å². The molecule has 0 spiro atoms. The van der Waals surface area contributed by atoms with Crippen molar-refractivity contribution in [3.63, 3.8) is 0 Å². The van der Waals surface area contributed by atoms with E-state index >= 15 is 0 Å². The summed E-state index contributed by atoms with van der Waals surface area (Å²) >= 11 is 0. The highest BCUT2D eigenvalue weighted by Gasteiger charge is 2.33. The fourth-order valence-corrected chi connectivity index (χ4v) is 2.63. The lowest BCUT2D eigenvalue weighted by Crippen LogP contribution is -2.44. The standard InChI is InChI=1S/C14H26F3N3O/c1-3-19(4-2)10-7-18-13(21)12-5-8-20(9-6-12)11-14(15,16)17/h12H,3-11H2,1-2H3,(H,18,21). The van der Waals surface area contributed by atoms with E-state index in [1.807, 2.05) is 0 Å². The normalized spacial score (nSPS) is 18.2. The molecular weight excluding hydrogens is 283 g/mol. The van der Waals surface area contributed by atoms with Gasteiger partial charge in [0.2, 0.25) is 5.91 Å². The molecule has 7 heteroatoms. The van der Waals surface area contributed by atoms with Gasteiger partial charge in [-0.25, -0.2) is 0 Å². The topological polar surface area (TPSA) is 35.6 Å². The lowest BCUT2D eigenvalue weighted by atomic mass is 9.96. The van der Waals surface area contributed by atoms with Crippen LogP contribution in [0.25, 0.3) is 0 Å². The van der Waals surface area contributed by atoms with Gasteiger partial charge in [0.25, 0.3) is 0 Å². The molecule has 0 aromatic heterocycles. The molecule has 0 aromatic carbocycles. The number of halogens is 3. The van der Waals surface area contributed by atoms with Crippen LogP contribution >= 0.6 is 0 Å². The van der Waals surface area contributed by atoms with Crippen LogP contribution in [-0.4, -0.2) is 67.7 Å². The number of carbonyl (C=O) groups is 1. The van der Waals surface area contributed by atoms with E-state index in [9.17, 15) is 18.0 Å². The van der Waals surface area contributed by atoms with Crippen LogP contribution in [0.5, 0.6) is 0 Å². The lowest BCUT2D eigenvalue weighted by molar-refractivity contribution is -0.149. The summed E-state index contributed by atoms with van der Waals surface area (Å²) in [6.45, 7) is 7.26. The van der Waals surface area contributed by atoms with Crippen molar-refractivity contribution in [1.82, 2.24) is 15.1 Å². The van der Waals surface area contributed by atoms with Crippen LogP contribution in [0.4, 0.5) is 13.2 Å². The number of rotatable bonds is 7. The first-order chi connectivity index (χ1) is 9.85. The van der Waals surface area contributed by atoms with Gasteiger partial charge in [0.15, 0.2) is 0 Å². The summed E-state index contributed by atoms with van der Waals surface area (Å²) in [5, 5.41) is 2.89. The molecule has 1 fully saturated rings. The van der Waals surface area contributed by atoms with E-state index in [0.717, 1.165) is 19.6 Å². The minimum absolute atomic E-state index is 0.0196. The first-order valence-electron chi connectivity index (χ1n) is 7.64. The molecule has 0 aromatic rings. The van der Waals surface area contributed by atoms with E-state index in [2.05, 4.69) is 24.1 Å². The van der Waals surface area contributed by atoms with Crippen LogP contribution in [0.1, 0.15) is 26.7 Å². The van der Waals surface area contributed by atoms with Crippen molar-refractivity contribution < 1.29 is 18.0 Å². The van der Waals surface area contributed by atoms with Gasteiger partial charge in [0.05, 0.1) is 6.54 Å². The molecule has 0 radical (unpaired) electrons. The van der Waals surface area contributed by atoms with Crippen molar-refractivity contribution in [2.75, 3.05) is 45.8 Å². The Bertz CT molecular complexity index is 311. The van der Waals surface area contributed by atoms with Gasteiger partial charge in [-0.3, -0.25) is 9.69 Å². The highest BCUT2D eigenvalue weighted by Crippen LogP contribution is 2.22. The number of amides is 1. The Kier molecular flexibility index (Phi) is 7.45. The molecule has 1 rings (SSSR count). The van der Waals surface area contributed by atoms with Crippen molar-refractivity contribution in [1.29, 1.82) is 0 Å². The van der Waals surface area contributed by atoms with Crippen molar-refractivity contribution in [2.45, 2.75) is 32.9 Å². The zero-order valence-corrected chi connectivity index (χ0v) is 12.9. The second-order valence-electron chi connectivity index (χ2n) is 5.48. The SMILES string of the molecule is CCN(CC)CCNC(=O)C1CCN(CC(F)(F)F)CC1. The van der Waals surface area contributed by atoms with Crippen molar-refractivity contribution in [3.05, 3.63) is 0 Å². The van der Waals surface area contributed by atoms with E-state index in [4.69, 9.17) is 0 Å². The molecule has 1 N–H and O–H groups in total. The summed E-state index contributed by atoms with van der Waals surface area (Å²) in [5.41, 5.74) is 0. The van der Waals surface area contributed by atoms with Gasteiger partial charge in [-0.05, 0) is 39.0 Å². The molecule has 21 heavy (non-hydrogen) atoms. The van der Waals surface area contributed by atoms with Gasteiger partial charge in [-0.15, -0.1) is 0 Å². The molecule has 1 aliphatic heterocycles. The quantitative estimate of drug-likeness (QED) is 0.778. The third kappa shape index (κ3) is 7.13.